The summed E-state index contributed by atoms with van der Waals surface area (Å²) in [7, 11) is 0. The van der Waals surface area contributed by atoms with E-state index >= 15 is 0 Å². The van der Waals surface area contributed by atoms with Gasteiger partial charge < -0.3 is 10.4 Å². The summed E-state index contributed by atoms with van der Waals surface area (Å²) in [5.74, 6) is 1.79. The molecule has 0 aliphatic carbocycles. The first-order valence-electron chi connectivity index (χ1n) is 6.51. The van der Waals surface area contributed by atoms with E-state index < -0.39 is 5.97 Å². The molecule has 1 fully saturated rings. The van der Waals surface area contributed by atoms with Gasteiger partial charge in [-0.05, 0) is 53.4 Å². The molecule has 0 unspecified atom stereocenters. The Morgan fingerprint density at radius 1 is 1.40 bits per heavy atom. The Balaban J connectivity index is 1.92. The minimum atomic E-state index is -1.01. The molecule has 1 amide bonds. The van der Waals surface area contributed by atoms with Gasteiger partial charge in [-0.25, -0.2) is 4.79 Å². The third kappa shape index (κ3) is 4.38. The number of hydrogen-bond acceptors (Lipinski definition) is 4. The van der Waals surface area contributed by atoms with Crippen LogP contribution in [0.3, 0.4) is 0 Å². The zero-order chi connectivity index (χ0) is 14.4. The molecule has 20 heavy (non-hydrogen) atoms. The standard InChI is InChI=1S/C14H17NO3S2/c16-12(17)2-1-11-5-8-20-13(11)14(18)15-9-10-3-6-19-7-4-10/h1-2,5,8,10H,3-4,6-7,9H2,(H,15,18)(H,16,17)/b2-1+. The number of carbonyl (C=O) groups is 2. The number of carboxylic acid groups (broad SMARTS) is 1. The van der Waals surface area contributed by atoms with Crippen molar-refractivity contribution in [1.82, 2.24) is 5.32 Å². The molecular weight excluding hydrogens is 294 g/mol. The molecule has 0 radical (unpaired) electrons. The lowest BCUT2D eigenvalue weighted by Crippen LogP contribution is -2.30. The predicted molar refractivity (Wildman–Crippen MR) is 83.4 cm³/mol. The number of thioether (sulfide) groups is 1. The van der Waals surface area contributed by atoms with Crippen LogP contribution in [0.2, 0.25) is 0 Å². The zero-order valence-corrected chi connectivity index (χ0v) is 12.6. The van der Waals surface area contributed by atoms with Crippen LogP contribution in [0.25, 0.3) is 6.08 Å². The Morgan fingerprint density at radius 2 is 2.15 bits per heavy atom. The van der Waals surface area contributed by atoms with E-state index in [1.165, 1.54) is 28.9 Å². The molecule has 4 nitrogen and oxygen atoms in total. The molecule has 108 valence electrons. The maximum Gasteiger partial charge on any atom is 0.328 e. The largest absolute Gasteiger partial charge is 0.478 e. The molecule has 0 saturated carbocycles. The van der Waals surface area contributed by atoms with Crippen LogP contribution < -0.4 is 5.32 Å². The normalized spacial score (nSPS) is 16.4. The zero-order valence-electron chi connectivity index (χ0n) is 11.0. The molecule has 2 heterocycles. The van der Waals surface area contributed by atoms with E-state index in [0.29, 0.717) is 22.9 Å². The Bertz CT molecular complexity index is 504. The van der Waals surface area contributed by atoms with Gasteiger partial charge in [-0.3, -0.25) is 4.79 Å². The van der Waals surface area contributed by atoms with Crippen molar-refractivity contribution < 1.29 is 14.7 Å². The van der Waals surface area contributed by atoms with Gasteiger partial charge in [0.15, 0.2) is 0 Å². The fraction of sp³-hybridized carbons (Fsp3) is 0.429. The van der Waals surface area contributed by atoms with Gasteiger partial charge in [-0.15, -0.1) is 11.3 Å². The number of carboxylic acids is 1. The van der Waals surface area contributed by atoms with E-state index in [9.17, 15) is 9.59 Å². The number of nitrogens with one attached hydrogen (secondary N) is 1. The molecule has 1 saturated heterocycles. The second-order valence-electron chi connectivity index (χ2n) is 4.64. The van der Waals surface area contributed by atoms with Crippen molar-refractivity contribution >= 4 is 41.1 Å². The molecular formula is C14H17NO3S2. The van der Waals surface area contributed by atoms with Crippen LogP contribution >= 0.6 is 23.1 Å². The lowest BCUT2D eigenvalue weighted by Gasteiger charge is -2.21. The van der Waals surface area contributed by atoms with Crippen LogP contribution in [0.15, 0.2) is 17.5 Å². The second kappa shape index (κ2) is 7.50. The summed E-state index contributed by atoms with van der Waals surface area (Å²) < 4.78 is 0. The Kier molecular flexibility index (Phi) is 5.67. The number of rotatable bonds is 5. The van der Waals surface area contributed by atoms with Gasteiger partial charge in [-0.2, -0.15) is 11.8 Å². The number of carbonyl (C=O) groups excluding carboxylic acids is 1. The quantitative estimate of drug-likeness (QED) is 0.821. The molecule has 2 rings (SSSR count). The van der Waals surface area contributed by atoms with Crippen LogP contribution in [-0.2, 0) is 4.79 Å². The van der Waals surface area contributed by atoms with E-state index in [1.807, 2.05) is 11.8 Å². The average Bonchev–Trinajstić information content (AvgIpc) is 2.92. The van der Waals surface area contributed by atoms with Gasteiger partial charge in [0.1, 0.15) is 0 Å². The average molecular weight is 311 g/mol. The van der Waals surface area contributed by atoms with Crippen LogP contribution in [-0.4, -0.2) is 35.0 Å². The first-order valence-corrected chi connectivity index (χ1v) is 8.54. The van der Waals surface area contributed by atoms with E-state index in [0.717, 1.165) is 18.9 Å². The van der Waals surface area contributed by atoms with Gasteiger partial charge >= 0.3 is 5.97 Å². The summed E-state index contributed by atoms with van der Waals surface area (Å²) in [6.45, 7) is 0.708. The highest BCUT2D eigenvalue weighted by Crippen LogP contribution is 2.22. The van der Waals surface area contributed by atoms with E-state index in [2.05, 4.69) is 5.32 Å². The van der Waals surface area contributed by atoms with Crippen molar-refractivity contribution in [1.29, 1.82) is 0 Å². The van der Waals surface area contributed by atoms with Crippen molar-refractivity contribution in [3.8, 4) is 0 Å². The smallest absolute Gasteiger partial charge is 0.328 e. The number of amides is 1. The van der Waals surface area contributed by atoms with Crippen molar-refractivity contribution in [2.75, 3.05) is 18.1 Å². The van der Waals surface area contributed by atoms with Crippen molar-refractivity contribution in [2.45, 2.75) is 12.8 Å². The summed E-state index contributed by atoms with van der Waals surface area (Å²) in [6.07, 6.45) is 4.82. The molecule has 1 aromatic heterocycles. The molecule has 0 spiro atoms. The Morgan fingerprint density at radius 3 is 2.85 bits per heavy atom. The fourth-order valence-corrected chi connectivity index (χ4v) is 4.07. The third-order valence-electron chi connectivity index (χ3n) is 3.20. The van der Waals surface area contributed by atoms with Crippen LogP contribution in [0.4, 0.5) is 0 Å². The van der Waals surface area contributed by atoms with Crippen molar-refractivity contribution in [3.05, 3.63) is 28.0 Å². The highest BCUT2D eigenvalue weighted by molar-refractivity contribution is 7.99. The summed E-state index contributed by atoms with van der Waals surface area (Å²) in [6, 6.07) is 1.76. The lowest BCUT2D eigenvalue weighted by atomic mass is 10.0. The first-order chi connectivity index (χ1) is 9.66. The van der Waals surface area contributed by atoms with Gasteiger partial charge in [0.2, 0.25) is 0 Å². The van der Waals surface area contributed by atoms with Crippen molar-refractivity contribution in [3.63, 3.8) is 0 Å². The van der Waals surface area contributed by atoms with Gasteiger partial charge in [0, 0.05) is 12.6 Å². The molecule has 1 aliphatic rings. The number of thiophene rings is 1. The summed E-state index contributed by atoms with van der Waals surface area (Å²) in [5, 5.41) is 13.4. The SMILES string of the molecule is O=C(O)/C=C/c1ccsc1C(=O)NCC1CCSCC1. The second-order valence-corrected chi connectivity index (χ2v) is 6.78. The van der Waals surface area contributed by atoms with Crippen molar-refractivity contribution in [2.24, 2.45) is 5.92 Å². The van der Waals surface area contributed by atoms with E-state index in [-0.39, 0.29) is 5.91 Å². The van der Waals surface area contributed by atoms with Gasteiger partial charge in [0.25, 0.3) is 5.91 Å². The molecule has 6 heteroatoms. The molecule has 2 N–H and O–H groups in total. The van der Waals surface area contributed by atoms with Crippen LogP contribution in [0, 0.1) is 5.92 Å². The van der Waals surface area contributed by atoms with E-state index in [4.69, 9.17) is 5.11 Å². The topological polar surface area (TPSA) is 66.4 Å². The monoisotopic (exact) mass is 311 g/mol. The van der Waals surface area contributed by atoms with Gasteiger partial charge in [-0.1, -0.05) is 0 Å². The lowest BCUT2D eigenvalue weighted by molar-refractivity contribution is -0.131. The minimum Gasteiger partial charge on any atom is -0.478 e. The summed E-state index contributed by atoms with van der Waals surface area (Å²) in [5.41, 5.74) is 0.661. The molecule has 1 aromatic rings. The molecule has 0 bridgehead atoms. The van der Waals surface area contributed by atoms with Gasteiger partial charge in [0.05, 0.1) is 4.88 Å². The van der Waals surface area contributed by atoms with Crippen LogP contribution in [0.1, 0.15) is 28.1 Å². The molecule has 0 atom stereocenters. The summed E-state index contributed by atoms with van der Waals surface area (Å²) >= 11 is 3.30. The minimum absolute atomic E-state index is 0.108. The third-order valence-corrected chi connectivity index (χ3v) is 5.18. The predicted octanol–water partition coefficient (Wildman–Crippen LogP) is 2.72. The Hall–Kier alpha value is -1.27. The highest BCUT2D eigenvalue weighted by Gasteiger charge is 2.16. The fourth-order valence-electron chi connectivity index (χ4n) is 2.06. The number of hydrogen-bond donors (Lipinski definition) is 2. The number of aliphatic carboxylic acids is 1. The van der Waals surface area contributed by atoms with E-state index in [1.54, 1.807) is 11.4 Å². The maximum atomic E-state index is 12.1. The molecule has 1 aliphatic heterocycles. The Labute approximate surface area is 126 Å². The maximum absolute atomic E-state index is 12.1. The van der Waals surface area contributed by atoms with Crippen LogP contribution in [0.5, 0.6) is 0 Å². The summed E-state index contributed by atoms with van der Waals surface area (Å²) in [4.78, 5) is 23.2. The molecule has 0 aromatic carbocycles. The first kappa shape index (κ1) is 15.1. The highest BCUT2D eigenvalue weighted by atomic mass is 32.2.